The van der Waals surface area contributed by atoms with Crippen LogP contribution < -0.4 is 20.1 Å². The summed E-state index contributed by atoms with van der Waals surface area (Å²) in [5, 5.41) is 6.26. The van der Waals surface area contributed by atoms with Crippen molar-refractivity contribution in [2.75, 3.05) is 32.6 Å². The Morgan fingerprint density at radius 3 is 2.27 bits per heavy atom. The summed E-state index contributed by atoms with van der Waals surface area (Å²) in [6.07, 6.45) is 1.19. The second kappa shape index (κ2) is 9.70. The fourth-order valence-corrected chi connectivity index (χ4v) is 2.87. The van der Waals surface area contributed by atoms with Crippen LogP contribution in [0, 0.1) is 13.8 Å². The van der Waals surface area contributed by atoms with Crippen LogP contribution in [0.3, 0.4) is 0 Å². The van der Waals surface area contributed by atoms with Crippen molar-refractivity contribution in [2.45, 2.75) is 26.7 Å². The third-order valence-electron chi connectivity index (χ3n) is 4.09. The minimum atomic E-state index is 0.0438. The van der Waals surface area contributed by atoms with Gasteiger partial charge in [-0.25, -0.2) is 0 Å². The van der Waals surface area contributed by atoms with E-state index in [0.717, 1.165) is 17.7 Å². The number of benzene rings is 2. The van der Waals surface area contributed by atoms with E-state index in [0.29, 0.717) is 31.0 Å². The summed E-state index contributed by atoms with van der Waals surface area (Å²) in [5.41, 5.74) is 4.58. The van der Waals surface area contributed by atoms with E-state index in [9.17, 15) is 4.79 Å². The summed E-state index contributed by atoms with van der Waals surface area (Å²) in [6, 6.07) is 12.1. The number of ether oxygens (including phenoxy) is 2. The van der Waals surface area contributed by atoms with Crippen LogP contribution in [0.4, 0.5) is 5.69 Å². The Morgan fingerprint density at radius 1 is 0.923 bits per heavy atom. The number of amides is 1. The minimum Gasteiger partial charge on any atom is -0.493 e. The van der Waals surface area contributed by atoms with E-state index in [1.54, 1.807) is 14.2 Å². The van der Waals surface area contributed by atoms with Gasteiger partial charge in [0.05, 0.1) is 14.2 Å². The van der Waals surface area contributed by atoms with Crippen molar-refractivity contribution in [2.24, 2.45) is 0 Å². The van der Waals surface area contributed by atoms with Crippen LogP contribution in [-0.2, 0) is 11.2 Å². The maximum absolute atomic E-state index is 12.0. The fraction of sp³-hybridized carbons (Fsp3) is 0.381. The molecule has 0 saturated heterocycles. The molecule has 2 rings (SSSR count). The first-order valence-corrected chi connectivity index (χ1v) is 8.81. The molecule has 26 heavy (non-hydrogen) atoms. The molecule has 2 N–H and O–H groups in total. The summed E-state index contributed by atoms with van der Waals surface area (Å²) in [6.45, 7) is 5.35. The predicted octanol–water partition coefficient (Wildman–Crippen LogP) is 3.48. The van der Waals surface area contributed by atoms with Crippen LogP contribution in [-0.4, -0.2) is 33.2 Å². The number of aryl methyl sites for hydroxylation is 2. The highest BCUT2D eigenvalue weighted by Gasteiger charge is 2.06. The number of carbonyl (C=O) groups is 1. The normalized spacial score (nSPS) is 10.3. The molecule has 0 saturated carbocycles. The summed E-state index contributed by atoms with van der Waals surface area (Å²) in [4.78, 5) is 12.0. The van der Waals surface area contributed by atoms with E-state index >= 15 is 0 Å². The van der Waals surface area contributed by atoms with E-state index in [1.807, 2.05) is 18.2 Å². The van der Waals surface area contributed by atoms with Crippen molar-refractivity contribution in [1.29, 1.82) is 0 Å². The van der Waals surface area contributed by atoms with Crippen LogP contribution in [0.25, 0.3) is 0 Å². The van der Waals surface area contributed by atoms with Crippen molar-refractivity contribution in [3.8, 4) is 11.5 Å². The van der Waals surface area contributed by atoms with Crippen LogP contribution in [0.5, 0.6) is 11.5 Å². The molecule has 0 aromatic heterocycles. The Hall–Kier alpha value is -2.69. The lowest BCUT2D eigenvalue weighted by atomic mass is 10.1. The van der Waals surface area contributed by atoms with E-state index in [4.69, 9.17) is 9.47 Å². The first-order valence-electron chi connectivity index (χ1n) is 8.81. The third kappa shape index (κ3) is 5.99. The van der Waals surface area contributed by atoms with Crippen molar-refractivity contribution in [3.63, 3.8) is 0 Å². The molecule has 0 bridgehead atoms. The molecule has 0 heterocycles. The van der Waals surface area contributed by atoms with Gasteiger partial charge >= 0.3 is 0 Å². The van der Waals surface area contributed by atoms with Crippen molar-refractivity contribution in [3.05, 3.63) is 53.1 Å². The molecule has 1 amide bonds. The average Bonchev–Trinajstić information content (AvgIpc) is 2.60. The Labute approximate surface area is 155 Å². The number of methoxy groups -OCH3 is 2. The summed E-state index contributed by atoms with van der Waals surface area (Å²) >= 11 is 0. The Balaban J connectivity index is 1.72. The topological polar surface area (TPSA) is 59.6 Å². The molecule has 2 aromatic rings. The van der Waals surface area contributed by atoms with E-state index in [1.165, 1.54) is 11.1 Å². The molecule has 2 aromatic carbocycles. The molecular weight excluding hydrogens is 328 g/mol. The number of rotatable bonds is 9. The van der Waals surface area contributed by atoms with Crippen molar-refractivity contribution in [1.82, 2.24) is 5.32 Å². The second-order valence-electron chi connectivity index (χ2n) is 6.34. The van der Waals surface area contributed by atoms with Gasteiger partial charge in [0.2, 0.25) is 5.91 Å². The Bertz CT molecular complexity index is 724. The molecule has 0 aliphatic heterocycles. The van der Waals surface area contributed by atoms with Crippen molar-refractivity contribution >= 4 is 11.6 Å². The van der Waals surface area contributed by atoms with Gasteiger partial charge in [0.15, 0.2) is 11.5 Å². The first-order chi connectivity index (χ1) is 12.5. The van der Waals surface area contributed by atoms with Gasteiger partial charge in [-0.1, -0.05) is 12.1 Å². The largest absolute Gasteiger partial charge is 0.493 e. The van der Waals surface area contributed by atoms with Crippen LogP contribution >= 0.6 is 0 Å². The summed E-state index contributed by atoms with van der Waals surface area (Å²) < 4.78 is 10.5. The van der Waals surface area contributed by atoms with Gasteiger partial charge < -0.3 is 20.1 Å². The van der Waals surface area contributed by atoms with E-state index in [2.05, 4.69) is 42.7 Å². The zero-order chi connectivity index (χ0) is 18.9. The summed E-state index contributed by atoms with van der Waals surface area (Å²) in [5.74, 6) is 1.45. The standard InChI is InChI=1S/C21H28N2O3/c1-15-11-16(2)13-18(12-15)22-10-8-21(24)23-9-7-17-5-6-19(25-3)20(14-17)26-4/h5-6,11-14,22H,7-10H2,1-4H3,(H,23,24). The minimum absolute atomic E-state index is 0.0438. The molecular formula is C21H28N2O3. The van der Waals surface area contributed by atoms with Gasteiger partial charge in [-0.05, 0) is 61.2 Å². The lowest BCUT2D eigenvalue weighted by molar-refractivity contribution is -0.120. The lowest BCUT2D eigenvalue weighted by Crippen LogP contribution is -2.27. The molecule has 0 fully saturated rings. The third-order valence-corrected chi connectivity index (χ3v) is 4.09. The molecule has 0 aliphatic carbocycles. The number of carbonyl (C=O) groups excluding carboxylic acids is 1. The molecule has 0 radical (unpaired) electrons. The monoisotopic (exact) mass is 356 g/mol. The SMILES string of the molecule is COc1ccc(CCNC(=O)CCNc2cc(C)cc(C)c2)cc1OC. The van der Waals surface area contributed by atoms with E-state index < -0.39 is 0 Å². The Morgan fingerprint density at radius 2 is 1.62 bits per heavy atom. The molecule has 0 atom stereocenters. The number of hydrogen-bond acceptors (Lipinski definition) is 4. The van der Waals surface area contributed by atoms with Crippen molar-refractivity contribution < 1.29 is 14.3 Å². The van der Waals surface area contributed by atoms with Gasteiger partial charge in [-0.3, -0.25) is 4.79 Å². The number of nitrogens with one attached hydrogen (secondary N) is 2. The van der Waals surface area contributed by atoms with Crippen LogP contribution in [0.1, 0.15) is 23.1 Å². The van der Waals surface area contributed by atoms with Crippen LogP contribution in [0.15, 0.2) is 36.4 Å². The van der Waals surface area contributed by atoms with Gasteiger partial charge in [0.1, 0.15) is 0 Å². The molecule has 5 nitrogen and oxygen atoms in total. The van der Waals surface area contributed by atoms with Gasteiger partial charge in [0, 0.05) is 25.2 Å². The second-order valence-corrected chi connectivity index (χ2v) is 6.34. The maximum Gasteiger partial charge on any atom is 0.221 e. The molecule has 140 valence electrons. The highest BCUT2D eigenvalue weighted by Crippen LogP contribution is 2.27. The molecule has 5 heteroatoms. The molecule has 0 aliphatic rings. The number of anilines is 1. The van der Waals surface area contributed by atoms with Gasteiger partial charge in [-0.2, -0.15) is 0 Å². The zero-order valence-corrected chi connectivity index (χ0v) is 16.0. The highest BCUT2D eigenvalue weighted by molar-refractivity contribution is 5.76. The van der Waals surface area contributed by atoms with Gasteiger partial charge in [0.25, 0.3) is 0 Å². The molecule has 0 spiro atoms. The fourth-order valence-electron chi connectivity index (χ4n) is 2.87. The predicted molar refractivity (Wildman–Crippen MR) is 105 cm³/mol. The van der Waals surface area contributed by atoms with E-state index in [-0.39, 0.29) is 5.91 Å². The Kier molecular flexibility index (Phi) is 7.33. The average molecular weight is 356 g/mol. The summed E-state index contributed by atoms with van der Waals surface area (Å²) in [7, 11) is 3.23. The smallest absolute Gasteiger partial charge is 0.221 e. The molecule has 0 unspecified atom stereocenters. The number of hydrogen-bond donors (Lipinski definition) is 2. The maximum atomic E-state index is 12.0. The zero-order valence-electron chi connectivity index (χ0n) is 16.0. The lowest BCUT2D eigenvalue weighted by Gasteiger charge is -2.11. The quantitative estimate of drug-likeness (QED) is 0.722. The highest BCUT2D eigenvalue weighted by atomic mass is 16.5. The first kappa shape index (κ1) is 19.6. The van der Waals surface area contributed by atoms with Gasteiger partial charge in [-0.15, -0.1) is 0 Å². The van der Waals surface area contributed by atoms with Crippen LogP contribution in [0.2, 0.25) is 0 Å².